The summed E-state index contributed by atoms with van der Waals surface area (Å²) in [5.74, 6) is -1.74. The molecular weight excluding hydrogens is 530 g/mol. The van der Waals surface area contributed by atoms with E-state index in [4.69, 9.17) is 0 Å². The third-order valence-electron chi connectivity index (χ3n) is 7.71. The molecule has 3 aliphatic rings. The average Bonchev–Trinajstić information content (AvgIpc) is 3.41. The van der Waals surface area contributed by atoms with E-state index in [-0.39, 0.29) is 40.3 Å². The maximum atomic E-state index is 14.1. The Morgan fingerprint density at radius 3 is 2.57 bits per heavy atom. The summed E-state index contributed by atoms with van der Waals surface area (Å²) >= 11 is 5.40. The number of aliphatic hydroxyl groups excluding tert-OH is 1. The zero-order chi connectivity index (χ0) is 25.3. The number of likely N-dealkylation sites (tertiary alicyclic amines) is 1. The van der Waals surface area contributed by atoms with Gasteiger partial charge in [0.15, 0.2) is 0 Å². The smallest absolute Gasteiger partial charge is 0.244 e. The number of nitrogens with one attached hydrogen (secondary N) is 2. The second kappa shape index (κ2) is 10.8. The van der Waals surface area contributed by atoms with Gasteiger partial charge in [-0.25, -0.2) is 0 Å². The topological polar surface area (TPSA) is 98.7 Å². The second-order valence-corrected chi connectivity index (χ2v) is 13.0. The number of hydrogen-bond donors (Lipinski definition) is 3. The quantitative estimate of drug-likeness (QED) is 0.298. The van der Waals surface area contributed by atoms with Crippen molar-refractivity contribution in [1.29, 1.82) is 0 Å². The first-order chi connectivity index (χ1) is 16.8. The first-order valence-corrected chi connectivity index (χ1v) is 14.4. The molecule has 0 aromatic heterocycles. The molecular formula is C26H36BrN3O4S. The first-order valence-electron chi connectivity index (χ1n) is 12.6. The number of carbonyl (C=O) groups excluding carboxylic acids is 3. The van der Waals surface area contributed by atoms with Crippen LogP contribution >= 0.6 is 27.7 Å². The van der Waals surface area contributed by atoms with Crippen LogP contribution < -0.4 is 10.6 Å². The number of unbranched alkanes of at least 4 members (excludes halogenated alkanes) is 2. The Bertz CT molecular complexity index is 948. The minimum atomic E-state index is -0.717. The fourth-order valence-corrected chi connectivity index (χ4v) is 9.67. The van der Waals surface area contributed by atoms with E-state index in [2.05, 4.69) is 33.5 Å². The van der Waals surface area contributed by atoms with E-state index in [0.717, 1.165) is 19.3 Å². The van der Waals surface area contributed by atoms with Gasteiger partial charge in [0, 0.05) is 22.3 Å². The zero-order valence-corrected chi connectivity index (χ0v) is 23.0. The van der Waals surface area contributed by atoms with E-state index < -0.39 is 28.7 Å². The van der Waals surface area contributed by atoms with Gasteiger partial charge in [0.1, 0.15) is 6.04 Å². The van der Waals surface area contributed by atoms with E-state index in [1.165, 1.54) is 0 Å². The van der Waals surface area contributed by atoms with Crippen molar-refractivity contribution in [2.45, 2.75) is 73.4 Å². The molecule has 4 rings (SSSR count). The number of rotatable bonds is 10. The van der Waals surface area contributed by atoms with Crippen molar-refractivity contribution >= 4 is 51.1 Å². The highest BCUT2D eigenvalue weighted by molar-refractivity contribution is 9.09. The van der Waals surface area contributed by atoms with Gasteiger partial charge in [0.05, 0.1) is 29.2 Å². The number of nitrogens with zero attached hydrogens (tertiary/aromatic N) is 1. The largest absolute Gasteiger partial charge is 0.394 e. The Morgan fingerprint density at radius 1 is 1.23 bits per heavy atom. The van der Waals surface area contributed by atoms with Gasteiger partial charge in [-0.15, -0.1) is 11.8 Å². The number of alkyl halides is 1. The molecule has 3 amide bonds. The Morgan fingerprint density at radius 2 is 1.94 bits per heavy atom. The summed E-state index contributed by atoms with van der Waals surface area (Å²) in [6.45, 7) is 6.35. The van der Waals surface area contributed by atoms with Crippen LogP contribution in [0.25, 0.3) is 0 Å². The molecule has 3 aliphatic heterocycles. The first kappa shape index (κ1) is 26.5. The van der Waals surface area contributed by atoms with Crippen LogP contribution in [-0.4, -0.2) is 67.8 Å². The van der Waals surface area contributed by atoms with Crippen LogP contribution in [0.15, 0.2) is 30.3 Å². The van der Waals surface area contributed by atoms with Crippen molar-refractivity contribution in [2.24, 2.45) is 17.8 Å². The molecule has 35 heavy (non-hydrogen) atoms. The van der Waals surface area contributed by atoms with Crippen LogP contribution in [0.3, 0.4) is 0 Å². The number of halogens is 1. The summed E-state index contributed by atoms with van der Waals surface area (Å²) in [6.07, 6.45) is 3.59. The van der Waals surface area contributed by atoms with Gasteiger partial charge in [0.25, 0.3) is 0 Å². The summed E-state index contributed by atoms with van der Waals surface area (Å²) < 4.78 is -0.703. The summed E-state index contributed by atoms with van der Waals surface area (Å²) in [4.78, 5) is 43.0. The zero-order valence-electron chi connectivity index (χ0n) is 20.6. The number of amides is 3. The number of thioether (sulfide) groups is 1. The predicted molar refractivity (Wildman–Crippen MR) is 142 cm³/mol. The summed E-state index contributed by atoms with van der Waals surface area (Å²) in [6, 6.07) is 8.05. The molecule has 3 N–H and O–H groups in total. The van der Waals surface area contributed by atoms with Crippen LogP contribution in [0.2, 0.25) is 0 Å². The molecule has 192 valence electrons. The molecule has 3 unspecified atom stereocenters. The minimum absolute atomic E-state index is 0.0186. The Kier molecular flexibility index (Phi) is 8.18. The second-order valence-electron chi connectivity index (χ2n) is 10.3. The fraction of sp³-hybridized carbons (Fsp3) is 0.654. The molecule has 1 aromatic rings. The van der Waals surface area contributed by atoms with Crippen LogP contribution in [0.4, 0.5) is 5.69 Å². The highest BCUT2D eigenvalue weighted by Crippen LogP contribution is 2.68. The maximum Gasteiger partial charge on any atom is 0.244 e. The van der Waals surface area contributed by atoms with Crippen molar-refractivity contribution in [3.8, 4) is 0 Å². The van der Waals surface area contributed by atoms with Crippen molar-refractivity contribution in [3.63, 3.8) is 0 Å². The molecule has 2 bridgehead atoms. The van der Waals surface area contributed by atoms with Gasteiger partial charge in [-0.3, -0.25) is 14.4 Å². The number of benzene rings is 1. The molecule has 9 heteroatoms. The van der Waals surface area contributed by atoms with Gasteiger partial charge in [-0.05, 0) is 30.9 Å². The molecule has 7 nitrogen and oxygen atoms in total. The molecule has 0 saturated carbocycles. The molecule has 0 radical (unpaired) electrons. The standard InChI is InChI=1S/C26H36BrN3O4S/c1-4-5-9-12-28-24(33)22-26-13-17(27)21(35-26)19(23(32)29-16-10-7-6-8-11-16)20(26)25(34)30(22)18(14-31)15(2)3/h6-8,10-11,15,17-22,31H,4-5,9,12-14H2,1-3H3,(H,28,33)(H,29,32)/t17?,18-,19+,20-,21+,22?,26?/m0/s1. The van der Waals surface area contributed by atoms with Gasteiger partial charge in [-0.1, -0.05) is 67.7 Å². The van der Waals surface area contributed by atoms with Gasteiger partial charge in [0.2, 0.25) is 17.7 Å². The summed E-state index contributed by atoms with van der Waals surface area (Å²) in [7, 11) is 0. The summed E-state index contributed by atoms with van der Waals surface area (Å²) in [5.41, 5.74) is 0.688. The third-order valence-corrected chi connectivity index (χ3v) is 10.9. The third kappa shape index (κ3) is 4.64. The Labute approximate surface area is 220 Å². The minimum Gasteiger partial charge on any atom is -0.394 e. The van der Waals surface area contributed by atoms with Crippen LogP contribution in [0.1, 0.15) is 46.5 Å². The lowest BCUT2D eigenvalue weighted by Crippen LogP contribution is -2.58. The highest BCUT2D eigenvalue weighted by Gasteiger charge is 2.76. The number of carbonyl (C=O) groups is 3. The van der Waals surface area contributed by atoms with Gasteiger partial charge >= 0.3 is 0 Å². The number of anilines is 1. The lowest BCUT2D eigenvalue weighted by molar-refractivity contribution is -0.143. The van der Waals surface area contributed by atoms with Crippen molar-refractivity contribution in [1.82, 2.24) is 10.2 Å². The van der Waals surface area contributed by atoms with Crippen LogP contribution in [0.5, 0.6) is 0 Å². The number of para-hydroxylation sites is 1. The SMILES string of the molecule is CCCCCNC(=O)C1N([C@@H](CO)C(C)C)C(=O)[C@@H]2[C@@H](C(=O)Nc3ccccc3)[C@@H]3SC12CC3Br. The van der Waals surface area contributed by atoms with Crippen molar-refractivity contribution < 1.29 is 19.5 Å². The molecule has 3 fully saturated rings. The van der Waals surface area contributed by atoms with E-state index >= 15 is 0 Å². The lowest BCUT2D eigenvalue weighted by Gasteiger charge is -2.38. The fourth-order valence-electron chi connectivity index (χ4n) is 6.07. The Hall–Kier alpha value is -1.58. The lowest BCUT2D eigenvalue weighted by atomic mass is 9.70. The molecule has 1 aromatic carbocycles. The van der Waals surface area contributed by atoms with Crippen molar-refractivity contribution in [2.75, 3.05) is 18.5 Å². The maximum absolute atomic E-state index is 14.1. The Balaban J connectivity index is 1.69. The van der Waals surface area contributed by atoms with E-state index in [9.17, 15) is 19.5 Å². The normalized spacial score (nSPS) is 32.1. The average molecular weight is 567 g/mol. The van der Waals surface area contributed by atoms with Gasteiger partial charge in [-0.2, -0.15) is 0 Å². The number of fused-ring (bicyclic) bond motifs is 1. The van der Waals surface area contributed by atoms with Gasteiger partial charge < -0.3 is 20.6 Å². The molecule has 3 saturated heterocycles. The van der Waals surface area contributed by atoms with E-state index in [1.54, 1.807) is 16.7 Å². The summed E-state index contributed by atoms with van der Waals surface area (Å²) in [5, 5.41) is 16.2. The molecule has 7 atom stereocenters. The molecule has 3 heterocycles. The van der Waals surface area contributed by atoms with E-state index in [1.807, 2.05) is 44.2 Å². The monoisotopic (exact) mass is 565 g/mol. The van der Waals surface area contributed by atoms with Crippen molar-refractivity contribution in [3.05, 3.63) is 30.3 Å². The number of hydrogen-bond acceptors (Lipinski definition) is 5. The van der Waals surface area contributed by atoms with Crippen LogP contribution in [-0.2, 0) is 14.4 Å². The van der Waals surface area contributed by atoms with Crippen LogP contribution in [0, 0.1) is 17.8 Å². The molecule has 1 spiro atoms. The highest BCUT2D eigenvalue weighted by atomic mass is 79.9. The van der Waals surface area contributed by atoms with E-state index in [0.29, 0.717) is 18.7 Å². The predicted octanol–water partition coefficient (Wildman–Crippen LogP) is 3.41. The number of aliphatic hydroxyl groups is 1. The molecule has 0 aliphatic carbocycles.